The third kappa shape index (κ3) is 5.04. The van der Waals surface area contributed by atoms with Crippen molar-refractivity contribution in [3.8, 4) is 0 Å². The van der Waals surface area contributed by atoms with E-state index in [1.807, 2.05) is 0 Å². The van der Waals surface area contributed by atoms with Gasteiger partial charge in [-0.25, -0.2) is 8.93 Å². The average Bonchev–Trinajstić information content (AvgIpc) is 2.98. The molecule has 8 aliphatic carbocycles. The first-order chi connectivity index (χ1) is 21.7. The maximum absolute atomic E-state index is 14.0. The van der Waals surface area contributed by atoms with Crippen LogP contribution in [-0.4, -0.2) is 19.3 Å². The van der Waals surface area contributed by atoms with Crippen LogP contribution in [0.2, 0.25) is 0 Å². The van der Waals surface area contributed by atoms with Crippen molar-refractivity contribution < 1.29 is 4.21 Å². The van der Waals surface area contributed by atoms with Crippen molar-refractivity contribution in [2.45, 2.75) is 119 Å². The lowest BCUT2D eigenvalue weighted by Crippen LogP contribution is -2.58. The van der Waals surface area contributed by atoms with Gasteiger partial charge in [-0.15, -0.1) is 0 Å². The van der Waals surface area contributed by atoms with Crippen LogP contribution in [0.5, 0.6) is 0 Å². The van der Waals surface area contributed by atoms with Gasteiger partial charge in [0.15, 0.2) is 0 Å². The molecule has 11 rings (SSSR count). The highest BCUT2D eigenvalue weighted by Gasteiger charge is 2.63. The summed E-state index contributed by atoms with van der Waals surface area (Å²) in [6, 6.07) is 25.3. The second kappa shape index (κ2) is 10.7. The van der Waals surface area contributed by atoms with Gasteiger partial charge in [0.25, 0.3) is 0 Å². The van der Waals surface area contributed by atoms with Crippen molar-refractivity contribution in [1.82, 2.24) is 4.72 Å². The van der Waals surface area contributed by atoms with E-state index >= 15 is 0 Å². The van der Waals surface area contributed by atoms with E-state index in [0.29, 0.717) is 10.3 Å². The fraction of sp³-hybridized carbons (Fsp3) is 0.610. The Balaban J connectivity index is 1.23. The van der Waals surface area contributed by atoms with E-state index in [1.165, 1.54) is 98.9 Å². The number of rotatable bonds is 7. The summed E-state index contributed by atoms with van der Waals surface area (Å²) in [5.74, 6) is 5.78. The third-order valence-corrected chi connectivity index (χ3v) is 18.8. The molecular formula is C41H52NOPS. The second-order valence-electron chi connectivity index (χ2n) is 17.7. The smallest absolute Gasteiger partial charge is 0.0979 e. The minimum absolute atomic E-state index is 0.0845. The Kier molecular flexibility index (Phi) is 7.06. The maximum atomic E-state index is 14.0. The van der Waals surface area contributed by atoms with Gasteiger partial charge in [0.2, 0.25) is 0 Å². The van der Waals surface area contributed by atoms with Gasteiger partial charge in [0.05, 0.1) is 21.8 Å². The molecule has 3 aromatic carbocycles. The standard InChI is InChI=1S/C41H52NOPS/c1-39(2,3)45(43)42-38(35-13-12-33-8-4-5-9-34(33)20-35)36-10-6-7-11-37(36)44(40-21-27-14-28(22-40)16-29(15-27)23-40)41-24-30-17-31(25-41)19-32(18-30)26-41/h4-13,20,27-32,38,42H,14-19,21-26H2,1-3H3/t27?,28?,29?,30?,31?,32?,38?,40?,41?,44?,45-/m1/s1. The molecule has 1 unspecified atom stereocenters. The SMILES string of the molecule is CC(C)(C)[S@@](=O)NC(c1ccc2ccccc2c1)c1ccccc1P(C12CC3CC(CC(C3)C1)C2)C12CC3CC(CC(C3)C1)C2. The van der Waals surface area contributed by atoms with Crippen molar-refractivity contribution in [2.24, 2.45) is 35.5 Å². The molecule has 8 bridgehead atoms. The molecule has 238 valence electrons. The zero-order valence-electron chi connectivity index (χ0n) is 27.6. The number of hydrogen-bond donors (Lipinski definition) is 1. The monoisotopic (exact) mass is 637 g/mol. The van der Waals surface area contributed by atoms with Gasteiger partial charge in [-0.05, 0) is 177 Å². The van der Waals surface area contributed by atoms with E-state index in [-0.39, 0.29) is 18.7 Å². The van der Waals surface area contributed by atoms with Gasteiger partial charge < -0.3 is 0 Å². The Morgan fingerprint density at radius 2 is 1.13 bits per heavy atom. The first-order valence-electron chi connectivity index (χ1n) is 18.2. The van der Waals surface area contributed by atoms with Crippen LogP contribution in [0.15, 0.2) is 66.7 Å². The molecule has 0 amide bonds. The Morgan fingerprint density at radius 3 is 1.64 bits per heavy atom. The van der Waals surface area contributed by atoms with Crippen molar-refractivity contribution in [3.63, 3.8) is 0 Å². The van der Waals surface area contributed by atoms with Gasteiger partial charge in [-0.3, -0.25) is 0 Å². The van der Waals surface area contributed by atoms with Crippen molar-refractivity contribution in [2.75, 3.05) is 0 Å². The Morgan fingerprint density at radius 1 is 0.667 bits per heavy atom. The van der Waals surface area contributed by atoms with E-state index in [2.05, 4.69) is 92.2 Å². The van der Waals surface area contributed by atoms with Gasteiger partial charge in [-0.1, -0.05) is 68.6 Å². The predicted octanol–water partition coefficient (Wildman–Crippen LogP) is 10.0. The zero-order chi connectivity index (χ0) is 30.6. The van der Waals surface area contributed by atoms with Crippen LogP contribution in [-0.2, 0) is 11.0 Å². The fourth-order valence-electron chi connectivity index (χ4n) is 12.6. The quantitative estimate of drug-likeness (QED) is 0.257. The summed E-state index contributed by atoms with van der Waals surface area (Å²) in [7, 11) is -1.56. The number of nitrogens with one attached hydrogen (secondary N) is 1. The zero-order valence-corrected chi connectivity index (χ0v) is 29.4. The molecule has 8 saturated carbocycles. The van der Waals surface area contributed by atoms with Crippen LogP contribution >= 0.6 is 7.92 Å². The molecule has 2 atom stereocenters. The Bertz CT molecular complexity index is 1520. The van der Waals surface area contributed by atoms with E-state index < -0.39 is 11.0 Å². The molecule has 0 aliphatic heterocycles. The lowest BCUT2D eigenvalue weighted by Gasteiger charge is -2.67. The van der Waals surface area contributed by atoms with E-state index in [9.17, 15) is 4.21 Å². The van der Waals surface area contributed by atoms with Crippen molar-refractivity contribution >= 4 is 35.0 Å². The van der Waals surface area contributed by atoms with Crippen molar-refractivity contribution in [1.29, 1.82) is 0 Å². The van der Waals surface area contributed by atoms with Crippen LogP contribution in [0.4, 0.5) is 0 Å². The molecule has 1 N–H and O–H groups in total. The van der Waals surface area contributed by atoms with Crippen LogP contribution < -0.4 is 10.0 Å². The highest BCUT2D eigenvalue weighted by atomic mass is 32.2. The molecule has 0 spiro atoms. The highest BCUT2D eigenvalue weighted by Crippen LogP contribution is 2.78. The molecule has 8 fully saturated rings. The number of fused-ring (bicyclic) bond motifs is 1. The topological polar surface area (TPSA) is 29.1 Å². The molecule has 2 nitrogen and oxygen atoms in total. The first-order valence-corrected chi connectivity index (χ1v) is 20.7. The summed E-state index contributed by atoms with van der Waals surface area (Å²) in [6.45, 7) is 6.33. The fourth-order valence-corrected chi connectivity index (χ4v) is 18.8. The normalized spacial score (nSPS) is 38.5. The summed E-state index contributed by atoms with van der Waals surface area (Å²) in [4.78, 5) is 0. The Labute approximate surface area is 275 Å². The summed E-state index contributed by atoms with van der Waals surface area (Å²) in [6.07, 6.45) is 18.0. The maximum Gasteiger partial charge on any atom is 0.0979 e. The lowest BCUT2D eigenvalue weighted by molar-refractivity contribution is 0.0195. The molecule has 0 aromatic heterocycles. The molecule has 0 radical (unpaired) electrons. The molecule has 0 saturated heterocycles. The predicted molar refractivity (Wildman–Crippen MR) is 192 cm³/mol. The number of hydrogen-bond acceptors (Lipinski definition) is 1. The van der Waals surface area contributed by atoms with Crippen LogP contribution in [0.25, 0.3) is 10.8 Å². The van der Waals surface area contributed by atoms with E-state index in [4.69, 9.17) is 0 Å². The number of benzene rings is 3. The van der Waals surface area contributed by atoms with Crippen molar-refractivity contribution in [3.05, 3.63) is 77.9 Å². The average molecular weight is 638 g/mol. The van der Waals surface area contributed by atoms with E-state index in [1.54, 1.807) is 5.30 Å². The van der Waals surface area contributed by atoms with E-state index in [0.717, 1.165) is 35.5 Å². The van der Waals surface area contributed by atoms with Gasteiger partial charge in [0.1, 0.15) is 0 Å². The minimum Gasteiger partial charge on any atom is -0.242 e. The molecule has 4 heteroatoms. The molecule has 3 aromatic rings. The largest absolute Gasteiger partial charge is 0.242 e. The van der Waals surface area contributed by atoms with Gasteiger partial charge >= 0.3 is 0 Å². The first kappa shape index (κ1) is 29.6. The minimum atomic E-state index is -1.19. The third-order valence-electron chi connectivity index (χ3n) is 13.3. The van der Waals surface area contributed by atoms with Gasteiger partial charge in [-0.2, -0.15) is 0 Å². The highest BCUT2D eigenvalue weighted by molar-refractivity contribution is 7.84. The summed E-state index contributed by atoms with van der Waals surface area (Å²) < 4.78 is 17.5. The summed E-state index contributed by atoms with van der Waals surface area (Å²) in [5.41, 5.74) is 2.69. The van der Waals surface area contributed by atoms with Crippen LogP contribution in [0.1, 0.15) is 115 Å². The second-order valence-corrected chi connectivity index (χ2v) is 22.8. The molecule has 8 aliphatic rings. The van der Waals surface area contributed by atoms with Crippen LogP contribution in [0.3, 0.4) is 0 Å². The summed E-state index contributed by atoms with van der Waals surface area (Å²) in [5, 5.41) is 5.24. The molecule has 45 heavy (non-hydrogen) atoms. The summed E-state index contributed by atoms with van der Waals surface area (Å²) >= 11 is 0. The lowest BCUT2D eigenvalue weighted by atomic mass is 9.55. The molecular weight excluding hydrogens is 585 g/mol. The Hall–Kier alpha value is -1.54. The van der Waals surface area contributed by atoms with Crippen LogP contribution in [0, 0.1) is 35.5 Å². The van der Waals surface area contributed by atoms with Gasteiger partial charge in [0, 0.05) is 0 Å². The molecule has 0 heterocycles.